The first-order valence-corrected chi connectivity index (χ1v) is 3.11. The summed E-state index contributed by atoms with van der Waals surface area (Å²) in [5.74, 6) is -0.454. The van der Waals surface area contributed by atoms with E-state index >= 15 is 0 Å². The number of hydrogen-bond donors (Lipinski definition) is 0. The van der Waals surface area contributed by atoms with Gasteiger partial charge in [0, 0.05) is 4.90 Å². The third-order valence-corrected chi connectivity index (χ3v) is 1.45. The van der Waals surface area contributed by atoms with Crippen LogP contribution in [0.4, 0.5) is 4.39 Å². The average molecular weight is 162 g/mol. The Hall–Kier alpha value is -0.340. The number of benzene rings is 1. The topological polar surface area (TPSA) is 0 Å². The molecule has 0 aromatic heterocycles. The molecule has 0 aliphatic heterocycles. The maximum absolute atomic E-state index is 12.4. The van der Waals surface area contributed by atoms with E-state index in [0.29, 0.717) is 4.90 Å². The highest BCUT2D eigenvalue weighted by Crippen LogP contribution is 2.16. The molecule has 0 fully saturated rings. The van der Waals surface area contributed by atoms with Crippen LogP contribution in [0, 0.1) is 5.82 Å². The van der Waals surface area contributed by atoms with Gasteiger partial charge in [-0.25, -0.2) is 4.39 Å². The molecule has 0 unspecified atom stereocenters. The molecule has 1 radical (unpaired) electrons. The van der Waals surface area contributed by atoms with Crippen LogP contribution in [-0.2, 0) is 0 Å². The second-order valence-corrected chi connectivity index (χ2v) is 2.45. The third kappa shape index (κ3) is 1.53. The molecule has 0 N–H and O–H groups in total. The molecular weight excluding hydrogens is 159 g/mol. The normalized spacial score (nSPS) is 9.56. The van der Waals surface area contributed by atoms with Gasteiger partial charge >= 0.3 is 0 Å². The molecule has 1 aromatic carbocycles. The molecule has 0 heterocycles. The van der Waals surface area contributed by atoms with Crippen LogP contribution >= 0.6 is 24.2 Å². The van der Waals surface area contributed by atoms with Gasteiger partial charge in [0.05, 0.1) is 5.02 Å². The first kappa shape index (κ1) is 6.78. The van der Waals surface area contributed by atoms with Crippen molar-refractivity contribution in [3.05, 3.63) is 29.0 Å². The third-order valence-electron chi connectivity index (χ3n) is 0.891. The molecule has 3 heteroatoms. The Morgan fingerprint density at radius 1 is 1.44 bits per heavy atom. The first-order valence-electron chi connectivity index (χ1n) is 2.32. The zero-order valence-corrected chi connectivity index (χ0v) is 5.97. The summed E-state index contributed by atoms with van der Waals surface area (Å²) in [5.41, 5.74) is 0. The molecule has 9 heavy (non-hydrogen) atoms. The molecule has 1 rings (SSSR count). The Labute approximate surface area is 63.1 Å². The van der Waals surface area contributed by atoms with Gasteiger partial charge in [0.2, 0.25) is 0 Å². The summed E-state index contributed by atoms with van der Waals surface area (Å²) in [6, 6.07) is 4.25. The molecule has 0 saturated carbocycles. The second kappa shape index (κ2) is 2.50. The van der Waals surface area contributed by atoms with Gasteiger partial charge in [0.25, 0.3) is 0 Å². The Morgan fingerprint density at radius 3 is 2.56 bits per heavy atom. The second-order valence-electron chi connectivity index (χ2n) is 1.58. The fourth-order valence-corrected chi connectivity index (χ4v) is 0.766. The highest BCUT2D eigenvalue weighted by atomic mass is 35.5. The van der Waals surface area contributed by atoms with Crippen molar-refractivity contribution in [2.45, 2.75) is 4.90 Å². The molecule has 0 atom stereocenters. The Morgan fingerprint density at radius 2 is 2.11 bits per heavy atom. The van der Waals surface area contributed by atoms with Crippen LogP contribution < -0.4 is 0 Å². The zero-order valence-electron chi connectivity index (χ0n) is 4.40. The first-order chi connectivity index (χ1) is 4.20. The Balaban J connectivity index is 3.17. The molecular formula is C6H3ClFS. The van der Waals surface area contributed by atoms with Gasteiger partial charge in [-0.2, -0.15) is 0 Å². The SMILES string of the molecule is Fc1cc([S])ccc1Cl. The van der Waals surface area contributed by atoms with E-state index in [1.807, 2.05) is 0 Å². The average Bonchev–Trinajstić information content (AvgIpc) is 1.80. The lowest BCUT2D eigenvalue weighted by Gasteiger charge is -1.91. The van der Waals surface area contributed by atoms with E-state index in [0.717, 1.165) is 0 Å². The van der Waals surface area contributed by atoms with Gasteiger partial charge in [0.15, 0.2) is 0 Å². The summed E-state index contributed by atoms with van der Waals surface area (Å²) in [7, 11) is 0. The van der Waals surface area contributed by atoms with Crippen LogP contribution in [0.5, 0.6) is 0 Å². The van der Waals surface area contributed by atoms with Gasteiger partial charge < -0.3 is 0 Å². The molecule has 0 bridgehead atoms. The van der Waals surface area contributed by atoms with E-state index in [4.69, 9.17) is 11.6 Å². The van der Waals surface area contributed by atoms with E-state index < -0.39 is 5.82 Å². The van der Waals surface area contributed by atoms with Crippen molar-refractivity contribution in [3.8, 4) is 0 Å². The predicted octanol–water partition coefficient (Wildman–Crippen LogP) is 3.04. The van der Waals surface area contributed by atoms with Crippen LogP contribution in [0.3, 0.4) is 0 Å². The maximum Gasteiger partial charge on any atom is 0.143 e. The minimum Gasteiger partial charge on any atom is -0.205 e. The summed E-state index contributed by atoms with van der Waals surface area (Å²) < 4.78 is 12.4. The van der Waals surface area contributed by atoms with Crippen LogP contribution in [-0.4, -0.2) is 0 Å². The van der Waals surface area contributed by atoms with Gasteiger partial charge in [0.1, 0.15) is 5.82 Å². The fraction of sp³-hybridized carbons (Fsp3) is 0. The quantitative estimate of drug-likeness (QED) is 0.549. The van der Waals surface area contributed by atoms with Crippen molar-refractivity contribution in [2.75, 3.05) is 0 Å². The van der Waals surface area contributed by atoms with Crippen LogP contribution in [0.15, 0.2) is 23.1 Å². The summed E-state index contributed by atoms with van der Waals surface area (Å²) >= 11 is 10.0. The fourth-order valence-electron chi connectivity index (χ4n) is 0.477. The number of hydrogen-bond acceptors (Lipinski definition) is 0. The molecule has 0 aliphatic carbocycles. The van der Waals surface area contributed by atoms with E-state index in [1.54, 1.807) is 6.07 Å². The number of rotatable bonds is 0. The summed E-state index contributed by atoms with van der Waals surface area (Å²) in [4.78, 5) is 0.469. The molecule has 1 aromatic rings. The maximum atomic E-state index is 12.4. The zero-order chi connectivity index (χ0) is 6.85. The largest absolute Gasteiger partial charge is 0.205 e. The minimum absolute atomic E-state index is 0.114. The summed E-state index contributed by atoms with van der Waals surface area (Å²) in [6.45, 7) is 0. The van der Waals surface area contributed by atoms with Crippen molar-refractivity contribution in [3.63, 3.8) is 0 Å². The summed E-state index contributed by atoms with van der Waals surface area (Å²) in [6.07, 6.45) is 0. The highest BCUT2D eigenvalue weighted by molar-refractivity contribution is 7.80. The van der Waals surface area contributed by atoms with Crippen molar-refractivity contribution in [1.29, 1.82) is 0 Å². The lowest BCUT2D eigenvalue weighted by atomic mass is 10.3. The predicted molar refractivity (Wildman–Crippen MR) is 37.3 cm³/mol. The molecule has 0 saturated heterocycles. The van der Waals surface area contributed by atoms with E-state index in [2.05, 4.69) is 12.6 Å². The van der Waals surface area contributed by atoms with Gasteiger partial charge in [-0.3, -0.25) is 0 Å². The van der Waals surface area contributed by atoms with Crippen LogP contribution in [0.1, 0.15) is 0 Å². The monoisotopic (exact) mass is 161 g/mol. The van der Waals surface area contributed by atoms with E-state index in [1.165, 1.54) is 12.1 Å². The lowest BCUT2D eigenvalue weighted by Crippen LogP contribution is -1.74. The van der Waals surface area contributed by atoms with Crippen molar-refractivity contribution in [2.24, 2.45) is 0 Å². The molecule has 0 aliphatic rings. The van der Waals surface area contributed by atoms with E-state index in [-0.39, 0.29) is 5.02 Å². The van der Waals surface area contributed by atoms with Gasteiger partial charge in [-0.1, -0.05) is 24.2 Å². The van der Waals surface area contributed by atoms with Crippen molar-refractivity contribution >= 4 is 24.2 Å². The van der Waals surface area contributed by atoms with Gasteiger partial charge in [-0.15, -0.1) is 0 Å². The van der Waals surface area contributed by atoms with E-state index in [9.17, 15) is 4.39 Å². The molecule has 0 spiro atoms. The van der Waals surface area contributed by atoms with Crippen molar-refractivity contribution < 1.29 is 4.39 Å². The molecule has 0 nitrogen and oxygen atoms in total. The van der Waals surface area contributed by atoms with Crippen molar-refractivity contribution in [1.82, 2.24) is 0 Å². The lowest BCUT2D eigenvalue weighted by molar-refractivity contribution is 0.625. The Kier molecular flexibility index (Phi) is 1.88. The van der Waals surface area contributed by atoms with Crippen LogP contribution in [0.25, 0.3) is 0 Å². The molecule has 47 valence electrons. The summed E-state index contributed by atoms with van der Waals surface area (Å²) in [5, 5.41) is 0.114. The minimum atomic E-state index is -0.454. The standard InChI is InChI=1S/C6H3ClFS/c7-5-2-1-4(9)3-6(5)8/h1-3H. The van der Waals surface area contributed by atoms with Crippen LogP contribution in [0.2, 0.25) is 5.02 Å². The highest BCUT2D eigenvalue weighted by Gasteiger charge is 1.96. The number of halogens is 2. The smallest absolute Gasteiger partial charge is 0.143 e. The molecule has 0 amide bonds. The Bertz CT molecular complexity index is 224. The van der Waals surface area contributed by atoms with Gasteiger partial charge in [-0.05, 0) is 18.2 Å².